The van der Waals surface area contributed by atoms with E-state index in [-0.39, 0.29) is 11.8 Å². The molecule has 1 aliphatic rings. The van der Waals surface area contributed by atoms with Crippen LogP contribution < -0.4 is 10.6 Å². The number of halogens is 1. The van der Waals surface area contributed by atoms with E-state index in [4.69, 9.17) is 0 Å². The summed E-state index contributed by atoms with van der Waals surface area (Å²) in [6.07, 6.45) is 2.18. The van der Waals surface area contributed by atoms with Gasteiger partial charge in [-0.05, 0) is 49.4 Å². The molecule has 1 saturated carbocycles. The van der Waals surface area contributed by atoms with Crippen LogP contribution in [0.3, 0.4) is 0 Å². The molecule has 0 unspecified atom stereocenters. The Kier molecular flexibility index (Phi) is 5.04. The van der Waals surface area contributed by atoms with Crippen molar-refractivity contribution in [2.24, 2.45) is 11.3 Å². The van der Waals surface area contributed by atoms with Gasteiger partial charge in [-0.15, -0.1) is 0 Å². The average molecular weight is 353 g/mol. The molecule has 1 aromatic rings. The minimum Gasteiger partial charge on any atom is -0.355 e. The first-order chi connectivity index (χ1) is 9.94. The molecule has 21 heavy (non-hydrogen) atoms. The van der Waals surface area contributed by atoms with E-state index in [1.807, 2.05) is 24.3 Å². The van der Waals surface area contributed by atoms with Crippen molar-refractivity contribution >= 4 is 33.4 Å². The Balaban J connectivity index is 1.91. The smallest absolute Gasteiger partial charge is 0.240 e. The molecule has 0 spiro atoms. The Morgan fingerprint density at radius 3 is 2.33 bits per heavy atom. The minimum atomic E-state index is -0.857. The lowest BCUT2D eigenvalue weighted by molar-refractivity contribution is -0.134. The van der Waals surface area contributed by atoms with Crippen LogP contribution >= 0.6 is 15.9 Å². The molecule has 1 fully saturated rings. The highest BCUT2D eigenvalue weighted by Crippen LogP contribution is 2.46. The Bertz CT molecular complexity index is 522. The van der Waals surface area contributed by atoms with Crippen LogP contribution in [0.15, 0.2) is 28.7 Å². The van der Waals surface area contributed by atoms with Crippen molar-refractivity contribution in [2.45, 2.75) is 33.1 Å². The van der Waals surface area contributed by atoms with Crippen molar-refractivity contribution < 1.29 is 9.59 Å². The van der Waals surface area contributed by atoms with Gasteiger partial charge in [0.25, 0.3) is 0 Å². The zero-order valence-electron chi connectivity index (χ0n) is 12.4. The van der Waals surface area contributed by atoms with E-state index in [0.29, 0.717) is 31.0 Å². The quantitative estimate of drug-likeness (QED) is 0.771. The first-order valence-corrected chi connectivity index (χ1v) is 8.09. The maximum absolute atomic E-state index is 12.3. The van der Waals surface area contributed by atoms with Crippen molar-refractivity contribution in [3.63, 3.8) is 0 Å². The molecule has 1 aliphatic carbocycles. The Morgan fingerprint density at radius 2 is 1.81 bits per heavy atom. The summed E-state index contributed by atoms with van der Waals surface area (Å²) in [5.74, 6) is 0.196. The van der Waals surface area contributed by atoms with Crippen molar-refractivity contribution in [3.8, 4) is 0 Å². The van der Waals surface area contributed by atoms with Crippen LogP contribution in [0.2, 0.25) is 0 Å². The number of anilines is 1. The van der Waals surface area contributed by atoms with E-state index >= 15 is 0 Å². The number of carbonyl (C=O) groups is 2. The van der Waals surface area contributed by atoms with Gasteiger partial charge in [-0.2, -0.15) is 0 Å². The molecule has 0 radical (unpaired) electrons. The second-order valence-corrected chi connectivity index (χ2v) is 6.90. The molecule has 0 heterocycles. The molecule has 5 heteroatoms. The summed E-state index contributed by atoms with van der Waals surface area (Å²) in [6.45, 7) is 4.85. The molecule has 0 saturated heterocycles. The summed E-state index contributed by atoms with van der Waals surface area (Å²) in [5, 5.41) is 5.72. The van der Waals surface area contributed by atoms with Crippen LogP contribution in [0.4, 0.5) is 5.69 Å². The van der Waals surface area contributed by atoms with Gasteiger partial charge in [0.15, 0.2) is 0 Å². The average Bonchev–Trinajstić information content (AvgIpc) is 3.22. The van der Waals surface area contributed by atoms with Crippen LogP contribution in [0.25, 0.3) is 0 Å². The molecule has 4 nitrogen and oxygen atoms in total. The summed E-state index contributed by atoms with van der Waals surface area (Å²) in [5.41, 5.74) is -0.145. The monoisotopic (exact) mass is 352 g/mol. The zero-order valence-corrected chi connectivity index (χ0v) is 14.0. The van der Waals surface area contributed by atoms with Gasteiger partial charge in [-0.1, -0.05) is 29.8 Å². The molecule has 1 aromatic carbocycles. The maximum atomic E-state index is 12.3. The van der Waals surface area contributed by atoms with E-state index in [0.717, 1.165) is 10.9 Å². The first-order valence-electron chi connectivity index (χ1n) is 7.29. The third-order valence-electron chi connectivity index (χ3n) is 3.73. The molecule has 0 atom stereocenters. The van der Waals surface area contributed by atoms with Gasteiger partial charge in [0.1, 0.15) is 5.41 Å². The number of hydrogen-bond acceptors (Lipinski definition) is 2. The van der Waals surface area contributed by atoms with Gasteiger partial charge in [-0.3, -0.25) is 9.59 Å². The number of amides is 2. The SMILES string of the molecule is CC(C)CCNC(=O)C1(C(=O)Nc2ccc(Br)cc2)CC1. The number of hydrogen-bond donors (Lipinski definition) is 2. The van der Waals surface area contributed by atoms with E-state index in [1.54, 1.807) is 0 Å². The molecule has 2 N–H and O–H groups in total. The van der Waals surface area contributed by atoms with Gasteiger partial charge in [0, 0.05) is 16.7 Å². The van der Waals surface area contributed by atoms with Crippen molar-refractivity contribution in [3.05, 3.63) is 28.7 Å². The van der Waals surface area contributed by atoms with Crippen LogP contribution in [0, 0.1) is 11.3 Å². The van der Waals surface area contributed by atoms with Gasteiger partial charge >= 0.3 is 0 Å². The highest BCUT2D eigenvalue weighted by atomic mass is 79.9. The summed E-state index contributed by atoms with van der Waals surface area (Å²) >= 11 is 3.35. The largest absolute Gasteiger partial charge is 0.355 e. The van der Waals surface area contributed by atoms with Gasteiger partial charge in [0.05, 0.1) is 0 Å². The third-order valence-corrected chi connectivity index (χ3v) is 4.26. The summed E-state index contributed by atoms with van der Waals surface area (Å²) in [7, 11) is 0. The van der Waals surface area contributed by atoms with Crippen LogP contribution in [0.1, 0.15) is 33.1 Å². The summed E-state index contributed by atoms with van der Waals surface area (Å²) in [4.78, 5) is 24.6. The highest BCUT2D eigenvalue weighted by molar-refractivity contribution is 9.10. The fraction of sp³-hybridized carbons (Fsp3) is 0.500. The van der Waals surface area contributed by atoms with E-state index in [2.05, 4.69) is 40.4 Å². The number of rotatable bonds is 6. The van der Waals surface area contributed by atoms with Crippen molar-refractivity contribution in [1.82, 2.24) is 5.32 Å². The van der Waals surface area contributed by atoms with Crippen molar-refractivity contribution in [1.29, 1.82) is 0 Å². The molecular formula is C16H21BrN2O2. The molecule has 0 aromatic heterocycles. The van der Waals surface area contributed by atoms with Gasteiger partial charge < -0.3 is 10.6 Å². The van der Waals surface area contributed by atoms with E-state index in [9.17, 15) is 9.59 Å². The minimum absolute atomic E-state index is 0.141. The number of nitrogens with one attached hydrogen (secondary N) is 2. The lowest BCUT2D eigenvalue weighted by Gasteiger charge is -2.16. The van der Waals surface area contributed by atoms with Crippen molar-refractivity contribution in [2.75, 3.05) is 11.9 Å². The lowest BCUT2D eigenvalue weighted by Crippen LogP contribution is -2.40. The third kappa shape index (κ3) is 4.06. The van der Waals surface area contributed by atoms with Crippen LogP contribution in [-0.2, 0) is 9.59 Å². The normalized spacial score (nSPS) is 15.6. The fourth-order valence-electron chi connectivity index (χ4n) is 2.11. The highest BCUT2D eigenvalue weighted by Gasteiger charge is 2.56. The lowest BCUT2D eigenvalue weighted by atomic mass is 10.0. The second-order valence-electron chi connectivity index (χ2n) is 5.98. The van der Waals surface area contributed by atoms with Gasteiger partial charge in [-0.25, -0.2) is 0 Å². The van der Waals surface area contributed by atoms with Gasteiger partial charge in [0.2, 0.25) is 11.8 Å². The first kappa shape index (κ1) is 16.0. The van der Waals surface area contributed by atoms with E-state index in [1.165, 1.54) is 0 Å². The van der Waals surface area contributed by atoms with Crippen LogP contribution in [-0.4, -0.2) is 18.4 Å². The predicted molar refractivity (Wildman–Crippen MR) is 86.9 cm³/mol. The number of benzene rings is 1. The fourth-order valence-corrected chi connectivity index (χ4v) is 2.37. The molecule has 2 rings (SSSR count). The molecule has 0 bridgehead atoms. The molecule has 2 amide bonds. The summed E-state index contributed by atoms with van der Waals surface area (Å²) in [6, 6.07) is 7.35. The topological polar surface area (TPSA) is 58.2 Å². The second kappa shape index (κ2) is 6.60. The Hall–Kier alpha value is -1.36. The summed E-state index contributed by atoms with van der Waals surface area (Å²) < 4.78 is 0.952. The number of carbonyl (C=O) groups excluding carboxylic acids is 2. The molecule has 114 valence electrons. The standard InChI is InChI=1S/C16H21BrN2O2/c1-11(2)7-10-18-14(20)16(8-9-16)15(21)19-13-5-3-12(17)4-6-13/h3-6,11H,7-10H2,1-2H3,(H,18,20)(H,19,21). The predicted octanol–water partition coefficient (Wildman–Crippen LogP) is 3.33. The molecular weight excluding hydrogens is 332 g/mol. The van der Waals surface area contributed by atoms with Crippen LogP contribution in [0.5, 0.6) is 0 Å². The van der Waals surface area contributed by atoms with E-state index < -0.39 is 5.41 Å². The molecule has 0 aliphatic heterocycles. The Morgan fingerprint density at radius 1 is 1.19 bits per heavy atom. The maximum Gasteiger partial charge on any atom is 0.240 e. The zero-order chi connectivity index (χ0) is 15.5. The Labute approximate surface area is 133 Å².